The van der Waals surface area contributed by atoms with Gasteiger partial charge < -0.3 is 15.0 Å². The van der Waals surface area contributed by atoms with Gasteiger partial charge in [0, 0.05) is 19.3 Å². The third kappa shape index (κ3) is 4.55. The lowest BCUT2D eigenvalue weighted by molar-refractivity contribution is -0.120. The van der Waals surface area contributed by atoms with Gasteiger partial charge in [-0.05, 0) is 49.2 Å². The molecular weight excluding hydrogens is 378 g/mol. The number of benzene rings is 1. The first kappa shape index (κ1) is 19.4. The number of nitrogens with zero attached hydrogens (tertiary/aromatic N) is 4. The lowest BCUT2D eigenvalue weighted by Gasteiger charge is -2.33. The van der Waals surface area contributed by atoms with Crippen LogP contribution in [0.3, 0.4) is 0 Å². The molecule has 1 aliphatic heterocycles. The second-order valence-electron chi connectivity index (χ2n) is 7.05. The maximum absolute atomic E-state index is 13.0. The Morgan fingerprint density at radius 1 is 1.17 bits per heavy atom. The first-order valence-electron chi connectivity index (χ1n) is 9.83. The number of pyridine rings is 2. The van der Waals surface area contributed by atoms with Crippen LogP contribution < -0.4 is 15.0 Å². The predicted octanol–water partition coefficient (Wildman–Crippen LogP) is 4.00. The second kappa shape index (κ2) is 9.05. The molecule has 0 radical (unpaired) electrons. The van der Waals surface area contributed by atoms with Gasteiger partial charge in [0.25, 0.3) is 0 Å². The Morgan fingerprint density at radius 2 is 2.07 bits per heavy atom. The Kier molecular flexibility index (Phi) is 5.85. The Morgan fingerprint density at radius 3 is 2.90 bits per heavy atom. The van der Waals surface area contributed by atoms with E-state index in [4.69, 9.17) is 10.00 Å². The summed E-state index contributed by atoms with van der Waals surface area (Å²) in [5, 5.41) is 12.1. The molecule has 0 unspecified atom stereocenters. The first-order valence-corrected chi connectivity index (χ1v) is 9.83. The Balaban J connectivity index is 1.46. The van der Waals surface area contributed by atoms with Gasteiger partial charge in [0.2, 0.25) is 5.91 Å². The standard InChI is InChI=1S/C23H21N5O2/c24-14-18-7-3-11-22(26-18)28-13-5-6-17(16-28)23(29)27-20-9-1-2-10-21(20)30-19-8-4-12-25-15-19/h1-4,7-12,15,17H,5-6,13,16H2,(H,27,29)/t17-/m0/s1. The van der Waals surface area contributed by atoms with E-state index in [1.54, 1.807) is 24.5 Å². The van der Waals surface area contributed by atoms with Crippen molar-refractivity contribution in [1.29, 1.82) is 5.26 Å². The number of amides is 1. The van der Waals surface area contributed by atoms with Crippen LogP contribution in [0.15, 0.2) is 67.0 Å². The van der Waals surface area contributed by atoms with Crippen molar-refractivity contribution in [1.82, 2.24) is 9.97 Å². The zero-order chi connectivity index (χ0) is 20.8. The van der Waals surface area contributed by atoms with Crippen molar-refractivity contribution in [2.45, 2.75) is 12.8 Å². The van der Waals surface area contributed by atoms with E-state index in [9.17, 15) is 4.79 Å². The third-order valence-electron chi connectivity index (χ3n) is 4.97. The number of para-hydroxylation sites is 2. The molecule has 1 saturated heterocycles. The molecule has 0 bridgehead atoms. The summed E-state index contributed by atoms with van der Waals surface area (Å²) in [5.74, 6) is 1.66. The average molecular weight is 399 g/mol. The van der Waals surface area contributed by atoms with E-state index in [-0.39, 0.29) is 11.8 Å². The molecule has 1 amide bonds. The number of hydrogen-bond acceptors (Lipinski definition) is 6. The topological polar surface area (TPSA) is 91.1 Å². The van der Waals surface area contributed by atoms with Crippen LogP contribution in [0.1, 0.15) is 18.5 Å². The molecule has 1 aliphatic rings. The minimum absolute atomic E-state index is 0.0571. The summed E-state index contributed by atoms with van der Waals surface area (Å²) in [5.41, 5.74) is 0.994. The lowest BCUT2D eigenvalue weighted by atomic mass is 9.97. The van der Waals surface area contributed by atoms with Crippen molar-refractivity contribution >= 4 is 17.4 Å². The van der Waals surface area contributed by atoms with E-state index < -0.39 is 0 Å². The highest BCUT2D eigenvalue weighted by Crippen LogP contribution is 2.30. The van der Waals surface area contributed by atoms with Crippen LogP contribution in [0.5, 0.6) is 11.5 Å². The second-order valence-corrected chi connectivity index (χ2v) is 7.05. The van der Waals surface area contributed by atoms with Gasteiger partial charge in [-0.1, -0.05) is 18.2 Å². The number of hydrogen-bond donors (Lipinski definition) is 1. The Bertz CT molecular complexity index is 1060. The molecule has 1 fully saturated rings. The van der Waals surface area contributed by atoms with Gasteiger partial charge in [-0.2, -0.15) is 5.26 Å². The summed E-state index contributed by atoms with van der Waals surface area (Å²) in [6, 6.07) is 18.4. The molecule has 3 aromatic rings. The summed E-state index contributed by atoms with van der Waals surface area (Å²) in [6.07, 6.45) is 4.98. The maximum Gasteiger partial charge on any atom is 0.229 e. The molecule has 1 aromatic carbocycles. The van der Waals surface area contributed by atoms with Crippen LogP contribution in [0.4, 0.5) is 11.5 Å². The number of nitrogens with one attached hydrogen (secondary N) is 1. The molecule has 0 aliphatic carbocycles. The fraction of sp³-hybridized carbons (Fsp3) is 0.217. The molecule has 1 N–H and O–H groups in total. The van der Waals surface area contributed by atoms with Crippen molar-refractivity contribution in [2.24, 2.45) is 5.92 Å². The van der Waals surface area contributed by atoms with Crippen molar-refractivity contribution in [2.75, 3.05) is 23.3 Å². The molecule has 0 saturated carbocycles. The number of rotatable bonds is 5. The number of carbonyl (C=O) groups excluding carboxylic acids is 1. The lowest BCUT2D eigenvalue weighted by Crippen LogP contribution is -2.41. The summed E-state index contributed by atoms with van der Waals surface area (Å²) < 4.78 is 5.89. The predicted molar refractivity (Wildman–Crippen MR) is 113 cm³/mol. The molecule has 0 spiro atoms. The van der Waals surface area contributed by atoms with Gasteiger partial charge in [-0.3, -0.25) is 9.78 Å². The summed E-state index contributed by atoms with van der Waals surface area (Å²) in [6.45, 7) is 1.37. The summed E-state index contributed by atoms with van der Waals surface area (Å²) >= 11 is 0. The molecule has 30 heavy (non-hydrogen) atoms. The first-order chi connectivity index (χ1) is 14.7. The quantitative estimate of drug-likeness (QED) is 0.697. The van der Waals surface area contributed by atoms with Crippen molar-refractivity contribution in [3.05, 3.63) is 72.7 Å². The number of aromatic nitrogens is 2. The molecule has 4 rings (SSSR count). The van der Waals surface area contributed by atoms with E-state index in [1.807, 2.05) is 42.5 Å². The minimum atomic E-state index is -0.183. The van der Waals surface area contributed by atoms with Gasteiger partial charge in [0.05, 0.1) is 17.8 Å². The van der Waals surface area contributed by atoms with Gasteiger partial charge in [-0.25, -0.2) is 4.98 Å². The molecule has 2 aromatic heterocycles. The Hall–Kier alpha value is -3.92. The highest BCUT2D eigenvalue weighted by molar-refractivity contribution is 5.94. The van der Waals surface area contributed by atoms with Crippen LogP contribution in [0, 0.1) is 17.2 Å². The van der Waals surface area contributed by atoms with Gasteiger partial charge in [0.1, 0.15) is 23.3 Å². The number of piperidine rings is 1. The Labute approximate surface area is 175 Å². The zero-order valence-electron chi connectivity index (χ0n) is 16.4. The number of anilines is 2. The smallest absolute Gasteiger partial charge is 0.229 e. The van der Waals surface area contributed by atoms with Gasteiger partial charge >= 0.3 is 0 Å². The normalized spacial score (nSPS) is 15.8. The number of carbonyl (C=O) groups is 1. The maximum atomic E-state index is 13.0. The monoisotopic (exact) mass is 399 g/mol. The van der Waals surface area contributed by atoms with E-state index in [0.717, 1.165) is 25.2 Å². The number of ether oxygens (including phenoxy) is 1. The van der Waals surface area contributed by atoms with E-state index in [0.29, 0.717) is 29.4 Å². The van der Waals surface area contributed by atoms with Crippen LogP contribution in [0.2, 0.25) is 0 Å². The third-order valence-corrected chi connectivity index (χ3v) is 4.97. The SMILES string of the molecule is N#Cc1cccc(N2CCC[C@H](C(=O)Nc3ccccc3Oc3cccnc3)C2)n1. The average Bonchev–Trinajstić information content (AvgIpc) is 2.81. The van der Waals surface area contributed by atoms with Crippen LogP contribution >= 0.6 is 0 Å². The largest absolute Gasteiger partial charge is 0.454 e. The van der Waals surface area contributed by atoms with Crippen LogP contribution in [-0.4, -0.2) is 29.0 Å². The molecular formula is C23H21N5O2. The van der Waals surface area contributed by atoms with Crippen LogP contribution in [-0.2, 0) is 4.79 Å². The molecule has 7 heteroatoms. The van der Waals surface area contributed by atoms with E-state index >= 15 is 0 Å². The highest BCUT2D eigenvalue weighted by atomic mass is 16.5. The van der Waals surface area contributed by atoms with E-state index in [2.05, 4.69) is 26.3 Å². The van der Waals surface area contributed by atoms with Crippen molar-refractivity contribution in [3.63, 3.8) is 0 Å². The number of nitriles is 1. The minimum Gasteiger partial charge on any atom is -0.454 e. The fourth-order valence-electron chi connectivity index (χ4n) is 3.49. The summed E-state index contributed by atoms with van der Waals surface area (Å²) in [4.78, 5) is 23.5. The van der Waals surface area contributed by atoms with Crippen LogP contribution in [0.25, 0.3) is 0 Å². The molecule has 150 valence electrons. The highest BCUT2D eigenvalue weighted by Gasteiger charge is 2.27. The molecule has 7 nitrogen and oxygen atoms in total. The molecule has 1 atom stereocenters. The summed E-state index contributed by atoms with van der Waals surface area (Å²) in [7, 11) is 0. The van der Waals surface area contributed by atoms with E-state index in [1.165, 1.54) is 0 Å². The molecule has 3 heterocycles. The van der Waals surface area contributed by atoms with Gasteiger partial charge in [0.15, 0.2) is 5.75 Å². The van der Waals surface area contributed by atoms with Crippen molar-refractivity contribution in [3.8, 4) is 17.6 Å². The van der Waals surface area contributed by atoms with Gasteiger partial charge in [-0.15, -0.1) is 0 Å². The zero-order valence-corrected chi connectivity index (χ0v) is 16.4. The fourth-order valence-corrected chi connectivity index (χ4v) is 3.49. The van der Waals surface area contributed by atoms with Crippen molar-refractivity contribution < 1.29 is 9.53 Å².